The van der Waals surface area contributed by atoms with E-state index in [-0.39, 0.29) is 12.8 Å². The van der Waals surface area contributed by atoms with Crippen LogP contribution in [0.4, 0.5) is 0 Å². The maximum Gasteiger partial charge on any atom is 0.303 e. The van der Waals surface area contributed by atoms with Crippen molar-refractivity contribution >= 4 is 62.4 Å². The van der Waals surface area contributed by atoms with Gasteiger partial charge in [-0.25, -0.2) is 9.97 Å². The summed E-state index contributed by atoms with van der Waals surface area (Å²) >= 11 is 0. The Hall–Kier alpha value is -4.72. The Balaban J connectivity index is 1.88. The second-order valence-electron chi connectivity index (χ2n) is 10.4. The number of fused-ring (bicyclic) bond motifs is 8. The van der Waals surface area contributed by atoms with E-state index in [9.17, 15) is 19.8 Å². The Labute approximate surface area is 231 Å². The molecule has 0 atom stereocenters. The molecular weight excluding hydrogens is 504 g/mol. The van der Waals surface area contributed by atoms with Crippen LogP contribution in [-0.4, -0.2) is 42.1 Å². The van der Waals surface area contributed by atoms with Crippen molar-refractivity contribution in [2.75, 3.05) is 0 Å². The lowest BCUT2D eigenvalue weighted by atomic mass is 9.98. The maximum absolute atomic E-state index is 11.5. The van der Waals surface area contributed by atoms with Crippen LogP contribution in [0.5, 0.6) is 0 Å². The van der Waals surface area contributed by atoms with Gasteiger partial charge in [-0.15, -0.1) is 0 Å². The molecule has 5 heterocycles. The smallest absolute Gasteiger partial charge is 0.303 e. The highest BCUT2D eigenvalue weighted by molar-refractivity contribution is 5.96. The summed E-state index contributed by atoms with van der Waals surface area (Å²) in [6, 6.07) is 9.96. The molecule has 5 rings (SSSR count). The van der Waals surface area contributed by atoms with Gasteiger partial charge in [0.25, 0.3) is 0 Å². The second-order valence-corrected chi connectivity index (χ2v) is 10.4. The second kappa shape index (κ2) is 10.4. The van der Waals surface area contributed by atoms with Gasteiger partial charge < -0.3 is 20.2 Å². The number of aromatic nitrogens is 4. The first-order valence-corrected chi connectivity index (χ1v) is 13.2. The number of allylic oxidation sites excluding steroid dienone is 4. The summed E-state index contributed by atoms with van der Waals surface area (Å²) in [5.41, 5.74) is 13.1. The topological polar surface area (TPSA) is 132 Å². The minimum absolute atomic E-state index is 0.0221. The highest BCUT2D eigenvalue weighted by Crippen LogP contribution is 2.37. The fourth-order valence-electron chi connectivity index (χ4n) is 5.43. The molecule has 204 valence electrons. The van der Waals surface area contributed by atoms with E-state index >= 15 is 0 Å². The van der Waals surface area contributed by atoms with Gasteiger partial charge in [0.15, 0.2) is 0 Å². The van der Waals surface area contributed by atoms with Crippen molar-refractivity contribution in [1.29, 1.82) is 0 Å². The van der Waals surface area contributed by atoms with Crippen LogP contribution in [0.2, 0.25) is 0 Å². The lowest BCUT2D eigenvalue weighted by molar-refractivity contribution is -0.137. The molecule has 0 saturated carbocycles. The van der Waals surface area contributed by atoms with Crippen molar-refractivity contribution in [2.45, 2.75) is 53.4 Å². The number of hydrogen-bond acceptors (Lipinski definition) is 4. The highest BCUT2D eigenvalue weighted by Gasteiger charge is 2.22. The summed E-state index contributed by atoms with van der Waals surface area (Å²) in [4.78, 5) is 39.8. The molecule has 0 radical (unpaired) electrons. The van der Waals surface area contributed by atoms with Crippen LogP contribution in [0, 0.1) is 13.8 Å². The number of aryl methyl sites for hydroxylation is 2. The van der Waals surface area contributed by atoms with E-state index in [1.807, 2.05) is 52.0 Å². The summed E-state index contributed by atoms with van der Waals surface area (Å²) in [6.07, 6.45) is 2.44. The Morgan fingerprint density at radius 2 is 1.32 bits per heavy atom. The van der Waals surface area contributed by atoms with Crippen LogP contribution >= 0.6 is 0 Å². The van der Waals surface area contributed by atoms with Gasteiger partial charge in [0.1, 0.15) is 0 Å². The fourth-order valence-corrected chi connectivity index (χ4v) is 5.43. The molecule has 40 heavy (non-hydrogen) atoms. The molecule has 4 N–H and O–H groups in total. The summed E-state index contributed by atoms with van der Waals surface area (Å²) < 4.78 is 0. The number of carboxylic acids is 2. The normalized spacial score (nSPS) is 13.2. The van der Waals surface area contributed by atoms with Crippen molar-refractivity contribution in [3.05, 3.63) is 76.4 Å². The van der Waals surface area contributed by atoms with Gasteiger partial charge in [-0.3, -0.25) is 9.59 Å². The first-order valence-electron chi connectivity index (χ1n) is 13.2. The van der Waals surface area contributed by atoms with Gasteiger partial charge in [0.2, 0.25) is 0 Å². The third-order valence-electron chi connectivity index (χ3n) is 7.73. The third kappa shape index (κ3) is 5.00. The molecule has 0 unspecified atom stereocenters. The van der Waals surface area contributed by atoms with Crippen LogP contribution in [0.25, 0.3) is 50.4 Å². The van der Waals surface area contributed by atoms with Crippen molar-refractivity contribution in [1.82, 2.24) is 19.9 Å². The zero-order valence-corrected chi connectivity index (χ0v) is 23.1. The van der Waals surface area contributed by atoms with Crippen LogP contribution < -0.4 is 0 Å². The minimum atomic E-state index is -0.881. The van der Waals surface area contributed by atoms with Gasteiger partial charge in [0.05, 0.1) is 22.8 Å². The largest absolute Gasteiger partial charge is 0.481 e. The number of rotatable bonds is 7. The molecule has 3 aromatic heterocycles. The van der Waals surface area contributed by atoms with E-state index in [0.29, 0.717) is 24.2 Å². The molecule has 8 heteroatoms. The van der Waals surface area contributed by atoms with Crippen molar-refractivity contribution < 1.29 is 19.8 Å². The average molecular weight is 537 g/mol. The number of H-pyrrole nitrogens is 2. The molecular formula is C32H32N4O4. The molecule has 0 aliphatic carbocycles. The summed E-state index contributed by atoms with van der Waals surface area (Å²) in [5, 5.41) is 18.8. The highest BCUT2D eigenvalue weighted by atomic mass is 16.4. The first-order chi connectivity index (χ1) is 19.0. The van der Waals surface area contributed by atoms with Crippen molar-refractivity contribution in [3.8, 4) is 0 Å². The minimum Gasteiger partial charge on any atom is -0.481 e. The Morgan fingerprint density at radius 3 is 1.88 bits per heavy atom. The van der Waals surface area contributed by atoms with Crippen LogP contribution in [-0.2, 0) is 9.59 Å². The van der Waals surface area contributed by atoms with Crippen molar-refractivity contribution in [3.63, 3.8) is 0 Å². The number of hydrogen-bond donors (Lipinski definition) is 4. The van der Waals surface area contributed by atoms with Crippen LogP contribution in [0.15, 0.2) is 36.9 Å². The lowest BCUT2D eigenvalue weighted by Gasteiger charge is -2.05. The third-order valence-corrected chi connectivity index (χ3v) is 7.73. The predicted octanol–water partition coefficient (Wildman–Crippen LogP) is 7.17. The summed E-state index contributed by atoms with van der Waals surface area (Å²) in [5.74, 6) is -1.76. The number of carbonyl (C=O) groups is 2. The van der Waals surface area contributed by atoms with E-state index in [0.717, 1.165) is 72.4 Å². The van der Waals surface area contributed by atoms with Crippen LogP contribution in [0.1, 0.15) is 79.0 Å². The van der Waals surface area contributed by atoms with Crippen LogP contribution in [0.3, 0.4) is 0 Å². The molecule has 8 nitrogen and oxygen atoms in total. The zero-order valence-electron chi connectivity index (χ0n) is 23.1. The molecule has 0 amide bonds. The van der Waals surface area contributed by atoms with E-state index < -0.39 is 11.9 Å². The molecule has 2 aliphatic heterocycles. The van der Waals surface area contributed by atoms with Gasteiger partial charge in [-0.2, -0.15) is 0 Å². The standard InChI is InChI=1S/C32H32N4O4/c1-6-21-17(3)26-14-27-19(5)23(8-10-32(39)40)30(36-27)15-29-22(7-9-31(37)38)18(4)25(34-29)12-20-11-16(2)24(33-20)13-28(21)35-26/h6,11-15,33,35H,1,7-10H2,2-5H3,(H,37,38)(H,39,40). The zero-order chi connectivity index (χ0) is 28.7. The van der Waals surface area contributed by atoms with Gasteiger partial charge in [-0.05, 0) is 104 Å². The molecule has 0 aromatic carbocycles. The number of aliphatic carboxylic acids is 2. The first kappa shape index (κ1) is 26.9. The van der Waals surface area contributed by atoms with E-state index in [1.54, 1.807) is 0 Å². The maximum atomic E-state index is 11.5. The van der Waals surface area contributed by atoms with E-state index in [2.05, 4.69) is 28.7 Å². The van der Waals surface area contributed by atoms with E-state index in [1.165, 1.54) is 0 Å². The Morgan fingerprint density at radius 1 is 0.750 bits per heavy atom. The number of carboxylic acid groups (broad SMARTS) is 2. The van der Waals surface area contributed by atoms with Gasteiger partial charge in [0, 0.05) is 40.5 Å². The van der Waals surface area contributed by atoms with Gasteiger partial charge in [-0.1, -0.05) is 12.7 Å². The Kier molecular flexibility index (Phi) is 7.02. The predicted molar refractivity (Wildman–Crippen MR) is 159 cm³/mol. The molecule has 2 aliphatic rings. The monoisotopic (exact) mass is 536 g/mol. The molecule has 3 aromatic rings. The summed E-state index contributed by atoms with van der Waals surface area (Å²) in [7, 11) is 0. The number of aromatic amines is 2. The van der Waals surface area contributed by atoms with E-state index in [4.69, 9.17) is 9.97 Å². The molecule has 0 fully saturated rings. The SMILES string of the molecule is C=Cc1c(C)c2cc3nc(cc4nc(cc5cc(C)c(cc1[nH]2)[nH]5)C(C)=C4CCC(=O)O)C(CCC(=O)O)=C3C. The number of nitrogens with one attached hydrogen (secondary N) is 2. The summed E-state index contributed by atoms with van der Waals surface area (Å²) in [6.45, 7) is 12.0. The molecule has 0 spiro atoms. The van der Waals surface area contributed by atoms with Gasteiger partial charge >= 0.3 is 11.9 Å². The quantitative estimate of drug-likeness (QED) is 0.253. The molecule has 8 bridgehead atoms. The number of nitrogens with zero attached hydrogens (tertiary/aromatic N) is 2. The van der Waals surface area contributed by atoms with Crippen molar-refractivity contribution in [2.24, 2.45) is 0 Å². The molecule has 0 saturated heterocycles. The lowest BCUT2D eigenvalue weighted by Crippen LogP contribution is -1.97. The Bertz CT molecular complexity index is 1820. The fraction of sp³-hybridized carbons (Fsp3) is 0.250. The average Bonchev–Trinajstić information content (AvgIpc) is 3.56.